The standard InChI is InChI=1S/C74H61N/c1-73(2,3)60-47-59(48-61(49-60)74(4,5)6)68-28-15-21-58-22-16-29-70(72(58)68)69-25-11-12-30-71(69)75(62-43-39-52(40-44-62)50-31-35-56(36-32-50)66-26-13-19-54-17-7-9-23-64(54)66)63-45-41-53(42-46-63)51-33-37-57(38-34-51)67-27-14-20-55-18-8-10-24-65(55)67/h7-49H,1-6H3. The van der Waals surface area contributed by atoms with Crippen LogP contribution in [-0.2, 0) is 10.8 Å². The van der Waals surface area contributed by atoms with Crippen molar-refractivity contribution in [2.75, 3.05) is 4.90 Å². The van der Waals surface area contributed by atoms with Crippen LogP contribution in [0.1, 0.15) is 52.7 Å². The van der Waals surface area contributed by atoms with E-state index in [1.165, 1.54) is 110 Å². The molecule has 12 rings (SSSR count). The van der Waals surface area contributed by atoms with Crippen LogP contribution in [0.4, 0.5) is 17.1 Å². The average Bonchev–Trinajstić information content (AvgIpc) is 3.45. The summed E-state index contributed by atoms with van der Waals surface area (Å²) in [5.74, 6) is 0. The number of nitrogens with zero attached hydrogens (tertiary/aromatic N) is 1. The van der Waals surface area contributed by atoms with Crippen molar-refractivity contribution in [2.24, 2.45) is 0 Å². The number of rotatable bonds is 9. The summed E-state index contributed by atoms with van der Waals surface area (Å²) in [5, 5.41) is 7.51. The maximum absolute atomic E-state index is 2.44. The fourth-order valence-electron chi connectivity index (χ4n) is 11.0. The van der Waals surface area contributed by atoms with Gasteiger partial charge in [0.15, 0.2) is 0 Å². The summed E-state index contributed by atoms with van der Waals surface area (Å²) in [4.78, 5) is 2.44. The average molecular weight is 964 g/mol. The molecule has 1 heteroatoms. The molecule has 0 radical (unpaired) electrons. The number of para-hydroxylation sites is 1. The summed E-state index contributed by atoms with van der Waals surface area (Å²) >= 11 is 0. The van der Waals surface area contributed by atoms with Crippen LogP contribution in [0.25, 0.3) is 99.1 Å². The molecular formula is C74H61N. The molecule has 0 aliphatic rings. The Morgan fingerprint density at radius 2 is 0.600 bits per heavy atom. The molecule has 0 aromatic heterocycles. The van der Waals surface area contributed by atoms with Crippen LogP contribution in [0.3, 0.4) is 0 Å². The lowest BCUT2D eigenvalue weighted by Crippen LogP contribution is -2.16. The Labute approximate surface area is 443 Å². The zero-order valence-corrected chi connectivity index (χ0v) is 43.8. The van der Waals surface area contributed by atoms with Crippen molar-refractivity contribution in [3.8, 4) is 66.8 Å². The molecule has 12 aromatic rings. The number of anilines is 3. The monoisotopic (exact) mass is 963 g/mol. The van der Waals surface area contributed by atoms with Crippen LogP contribution >= 0.6 is 0 Å². The van der Waals surface area contributed by atoms with E-state index in [1.807, 2.05) is 0 Å². The summed E-state index contributed by atoms with van der Waals surface area (Å²) in [6, 6.07) is 96.5. The zero-order chi connectivity index (χ0) is 51.3. The lowest BCUT2D eigenvalue weighted by molar-refractivity contribution is 0.569. The van der Waals surface area contributed by atoms with Gasteiger partial charge in [0.1, 0.15) is 0 Å². The smallest absolute Gasteiger partial charge is 0.0540 e. The third-order valence-electron chi connectivity index (χ3n) is 15.2. The fraction of sp³-hybridized carbons (Fsp3) is 0.108. The Bertz CT molecular complexity index is 3820. The minimum absolute atomic E-state index is 0.0104. The van der Waals surface area contributed by atoms with Crippen molar-refractivity contribution < 1.29 is 0 Å². The maximum atomic E-state index is 2.44. The Hall–Kier alpha value is -8.78. The van der Waals surface area contributed by atoms with Gasteiger partial charge in [0, 0.05) is 16.9 Å². The molecule has 75 heavy (non-hydrogen) atoms. The van der Waals surface area contributed by atoms with Gasteiger partial charge in [-0.1, -0.05) is 272 Å². The highest BCUT2D eigenvalue weighted by Gasteiger charge is 2.24. The number of benzene rings is 12. The second-order valence-corrected chi connectivity index (χ2v) is 22.2. The molecule has 0 unspecified atom stereocenters. The van der Waals surface area contributed by atoms with Gasteiger partial charge in [-0.15, -0.1) is 0 Å². The topological polar surface area (TPSA) is 3.24 Å². The first kappa shape index (κ1) is 47.2. The van der Waals surface area contributed by atoms with E-state index >= 15 is 0 Å². The second-order valence-electron chi connectivity index (χ2n) is 22.2. The molecule has 0 saturated carbocycles. The first-order chi connectivity index (χ1) is 36.4. The van der Waals surface area contributed by atoms with Gasteiger partial charge in [0.25, 0.3) is 0 Å². The summed E-state index contributed by atoms with van der Waals surface area (Å²) < 4.78 is 0. The summed E-state index contributed by atoms with van der Waals surface area (Å²) in [6.07, 6.45) is 0. The number of hydrogen-bond donors (Lipinski definition) is 0. The maximum Gasteiger partial charge on any atom is 0.0540 e. The van der Waals surface area contributed by atoms with Crippen molar-refractivity contribution in [3.05, 3.63) is 272 Å². The highest BCUT2D eigenvalue weighted by atomic mass is 15.1. The number of fused-ring (bicyclic) bond motifs is 3. The van der Waals surface area contributed by atoms with E-state index in [9.17, 15) is 0 Å². The van der Waals surface area contributed by atoms with Crippen molar-refractivity contribution in [2.45, 2.75) is 52.4 Å². The highest BCUT2D eigenvalue weighted by molar-refractivity contribution is 6.09. The summed E-state index contributed by atoms with van der Waals surface area (Å²) in [5.41, 5.74) is 20.4. The van der Waals surface area contributed by atoms with E-state index < -0.39 is 0 Å². The van der Waals surface area contributed by atoms with Gasteiger partial charge in [0.05, 0.1) is 5.69 Å². The van der Waals surface area contributed by atoms with E-state index in [1.54, 1.807) is 0 Å². The van der Waals surface area contributed by atoms with Crippen LogP contribution in [0.5, 0.6) is 0 Å². The van der Waals surface area contributed by atoms with Crippen LogP contribution in [-0.4, -0.2) is 0 Å². The minimum Gasteiger partial charge on any atom is -0.310 e. The van der Waals surface area contributed by atoms with E-state index in [0.29, 0.717) is 0 Å². The molecular weight excluding hydrogens is 903 g/mol. The molecule has 362 valence electrons. The van der Waals surface area contributed by atoms with Gasteiger partial charge in [-0.2, -0.15) is 0 Å². The van der Waals surface area contributed by atoms with E-state index in [4.69, 9.17) is 0 Å². The predicted octanol–water partition coefficient (Wildman–Crippen LogP) is 21.2. The molecule has 0 saturated heterocycles. The minimum atomic E-state index is -0.0104. The molecule has 0 bridgehead atoms. The molecule has 0 heterocycles. The van der Waals surface area contributed by atoms with Crippen LogP contribution in [0.15, 0.2) is 261 Å². The van der Waals surface area contributed by atoms with Gasteiger partial charge in [-0.3, -0.25) is 0 Å². The quantitative estimate of drug-likeness (QED) is 0.139. The van der Waals surface area contributed by atoms with Gasteiger partial charge < -0.3 is 4.90 Å². The zero-order valence-electron chi connectivity index (χ0n) is 43.8. The molecule has 0 atom stereocenters. The fourth-order valence-corrected chi connectivity index (χ4v) is 11.0. The molecule has 1 nitrogen and oxygen atoms in total. The normalized spacial score (nSPS) is 11.9. The predicted molar refractivity (Wildman–Crippen MR) is 324 cm³/mol. The molecule has 0 aliphatic heterocycles. The lowest BCUT2D eigenvalue weighted by Gasteiger charge is -2.29. The van der Waals surface area contributed by atoms with E-state index in [-0.39, 0.29) is 10.8 Å². The summed E-state index contributed by atoms with van der Waals surface area (Å²) in [6.45, 7) is 13.9. The Morgan fingerprint density at radius 3 is 1.07 bits per heavy atom. The molecule has 0 amide bonds. The third-order valence-corrected chi connectivity index (χ3v) is 15.2. The molecule has 0 fully saturated rings. The Balaban J connectivity index is 0.963. The lowest BCUT2D eigenvalue weighted by atomic mass is 9.78. The van der Waals surface area contributed by atoms with Crippen LogP contribution in [0.2, 0.25) is 0 Å². The van der Waals surface area contributed by atoms with Crippen LogP contribution < -0.4 is 4.90 Å². The molecule has 0 aliphatic carbocycles. The third kappa shape index (κ3) is 9.21. The van der Waals surface area contributed by atoms with Gasteiger partial charge in [-0.05, 0) is 146 Å². The van der Waals surface area contributed by atoms with Crippen molar-refractivity contribution in [1.82, 2.24) is 0 Å². The number of hydrogen-bond acceptors (Lipinski definition) is 1. The molecule has 0 spiro atoms. The molecule has 0 N–H and O–H groups in total. The van der Waals surface area contributed by atoms with Gasteiger partial charge in [0.2, 0.25) is 0 Å². The van der Waals surface area contributed by atoms with Crippen molar-refractivity contribution >= 4 is 49.4 Å². The van der Waals surface area contributed by atoms with Gasteiger partial charge >= 0.3 is 0 Å². The Morgan fingerprint density at radius 1 is 0.253 bits per heavy atom. The first-order valence-electron chi connectivity index (χ1n) is 26.4. The summed E-state index contributed by atoms with van der Waals surface area (Å²) in [7, 11) is 0. The van der Waals surface area contributed by atoms with E-state index in [2.05, 4.69) is 307 Å². The highest BCUT2D eigenvalue weighted by Crippen LogP contribution is 2.46. The second kappa shape index (κ2) is 19.2. The Kier molecular flexibility index (Phi) is 12.1. The molecule has 12 aromatic carbocycles. The van der Waals surface area contributed by atoms with Gasteiger partial charge in [-0.25, -0.2) is 0 Å². The van der Waals surface area contributed by atoms with Crippen molar-refractivity contribution in [1.29, 1.82) is 0 Å². The largest absolute Gasteiger partial charge is 0.310 e. The SMILES string of the molecule is CC(C)(C)c1cc(-c2cccc3cccc(-c4ccccc4N(c4ccc(-c5ccc(-c6cccc7ccccc67)cc5)cc4)c4ccc(-c5ccc(-c6cccc7ccccc67)cc5)cc4)c23)cc(C(C)(C)C)c1. The van der Waals surface area contributed by atoms with Crippen LogP contribution in [0, 0.1) is 0 Å². The van der Waals surface area contributed by atoms with Crippen molar-refractivity contribution in [3.63, 3.8) is 0 Å². The van der Waals surface area contributed by atoms with E-state index in [0.717, 1.165) is 17.1 Å². The first-order valence-corrected chi connectivity index (χ1v) is 26.4.